The fourth-order valence-corrected chi connectivity index (χ4v) is 0.829. The Hall–Kier alpha value is -1.46. The summed E-state index contributed by atoms with van der Waals surface area (Å²) in [5, 5.41) is 0. The van der Waals surface area contributed by atoms with Crippen molar-refractivity contribution >= 4 is 5.78 Å². The summed E-state index contributed by atoms with van der Waals surface area (Å²) >= 11 is 0. The van der Waals surface area contributed by atoms with Gasteiger partial charge in [0, 0.05) is 6.07 Å². The highest BCUT2D eigenvalue weighted by molar-refractivity contribution is 5.98. The van der Waals surface area contributed by atoms with Crippen LogP contribution >= 0.6 is 0 Å². The molecule has 0 saturated carbocycles. The van der Waals surface area contributed by atoms with Gasteiger partial charge in [-0.25, -0.2) is 22.0 Å². The van der Waals surface area contributed by atoms with Gasteiger partial charge >= 0.3 is 6.43 Å². The van der Waals surface area contributed by atoms with Gasteiger partial charge in [-0.1, -0.05) is 0 Å². The fourth-order valence-electron chi connectivity index (χ4n) is 0.829. The van der Waals surface area contributed by atoms with E-state index in [0.717, 1.165) is 0 Å². The third kappa shape index (κ3) is 1.89. The molecule has 0 aliphatic carbocycles. The molecule has 1 aromatic carbocycles. The number of carbonyl (C=O) groups excluding carboxylic acids is 1. The van der Waals surface area contributed by atoms with Crippen molar-refractivity contribution in [1.29, 1.82) is 0 Å². The number of ketones is 1. The summed E-state index contributed by atoms with van der Waals surface area (Å²) in [7, 11) is 0. The van der Waals surface area contributed by atoms with E-state index in [2.05, 4.69) is 0 Å². The standard InChI is InChI=1S/C8H3F5O/c9-4-2-6(11)5(10)1-3(4)7(14)8(12)13/h1-2,8H. The maximum absolute atomic E-state index is 12.7. The number of carbonyl (C=O) groups is 1. The predicted octanol–water partition coefficient (Wildman–Crippen LogP) is 2.55. The van der Waals surface area contributed by atoms with Crippen LogP contribution in [0.4, 0.5) is 22.0 Å². The number of benzene rings is 1. The average Bonchev–Trinajstić information content (AvgIpc) is 2.10. The van der Waals surface area contributed by atoms with Gasteiger partial charge in [-0.15, -0.1) is 0 Å². The SMILES string of the molecule is O=C(c1cc(F)c(F)cc1F)C(F)F. The van der Waals surface area contributed by atoms with E-state index in [0.29, 0.717) is 0 Å². The van der Waals surface area contributed by atoms with Gasteiger partial charge in [0.25, 0.3) is 0 Å². The van der Waals surface area contributed by atoms with Crippen LogP contribution in [0.5, 0.6) is 0 Å². The van der Waals surface area contributed by atoms with Gasteiger partial charge in [0.1, 0.15) is 5.82 Å². The number of hydrogen-bond acceptors (Lipinski definition) is 1. The monoisotopic (exact) mass is 210 g/mol. The molecule has 6 heteroatoms. The molecule has 0 spiro atoms. The van der Waals surface area contributed by atoms with Crippen molar-refractivity contribution in [3.63, 3.8) is 0 Å². The Morgan fingerprint density at radius 2 is 1.50 bits per heavy atom. The maximum atomic E-state index is 12.7. The lowest BCUT2D eigenvalue weighted by atomic mass is 10.1. The Morgan fingerprint density at radius 1 is 1.00 bits per heavy atom. The van der Waals surface area contributed by atoms with Gasteiger partial charge < -0.3 is 0 Å². The summed E-state index contributed by atoms with van der Waals surface area (Å²) in [6, 6.07) is 0.157. The summed E-state index contributed by atoms with van der Waals surface area (Å²) < 4.78 is 61.0. The first kappa shape index (κ1) is 10.6. The van der Waals surface area contributed by atoms with Crippen LogP contribution in [-0.2, 0) is 0 Å². The third-order valence-electron chi connectivity index (χ3n) is 1.47. The first-order valence-electron chi connectivity index (χ1n) is 3.40. The molecule has 1 nitrogen and oxygen atoms in total. The van der Waals surface area contributed by atoms with E-state index in [1.165, 1.54) is 0 Å². The van der Waals surface area contributed by atoms with E-state index >= 15 is 0 Å². The molecular formula is C8H3F5O. The zero-order valence-electron chi connectivity index (χ0n) is 6.53. The summed E-state index contributed by atoms with van der Waals surface area (Å²) in [5.74, 6) is -6.46. The smallest absolute Gasteiger partial charge is 0.288 e. The largest absolute Gasteiger partial charge is 0.300 e. The normalized spacial score (nSPS) is 10.7. The van der Waals surface area contributed by atoms with Gasteiger partial charge in [-0.3, -0.25) is 4.79 Å². The molecular weight excluding hydrogens is 207 g/mol. The minimum atomic E-state index is -3.45. The Balaban J connectivity index is 3.22. The highest BCUT2D eigenvalue weighted by Crippen LogP contribution is 2.16. The summed E-state index contributed by atoms with van der Waals surface area (Å²) in [5.41, 5.74) is -1.15. The Morgan fingerprint density at radius 3 is 2.00 bits per heavy atom. The zero-order valence-corrected chi connectivity index (χ0v) is 6.53. The van der Waals surface area contributed by atoms with Crippen molar-refractivity contribution in [2.24, 2.45) is 0 Å². The van der Waals surface area contributed by atoms with E-state index in [1.54, 1.807) is 0 Å². The minimum Gasteiger partial charge on any atom is -0.288 e. The predicted molar refractivity (Wildman–Crippen MR) is 36.7 cm³/mol. The van der Waals surface area contributed by atoms with Crippen molar-refractivity contribution < 1.29 is 26.7 Å². The van der Waals surface area contributed by atoms with Crippen LogP contribution in [0.3, 0.4) is 0 Å². The molecule has 0 unspecified atom stereocenters. The molecule has 0 aliphatic rings. The topological polar surface area (TPSA) is 17.1 Å². The lowest BCUT2D eigenvalue weighted by Gasteiger charge is -2.01. The van der Waals surface area contributed by atoms with Crippen molar-refractivity contribution in [1.82, 2.24) is 0 Å². The molecule has 0 fully saturated rings. The molecule has 0 aromatic heterocycles. The van der Waals surface area contributed by atoms with Crippen LogP contribution in [0.15, 0.2) is 12.1 Å². The molecule has 1 aromatic rings. The van der Waals surface area contributed by atoms with Crippen LogP contribution in [0.2, 0.25) is 0 Å². The van der Waals surface area contributed by atoms with Crippen LogP contribution in [0, 0.1) is 17.5 Å². The fraction of sp³-hybridized carbons (Fsp3) is 0.125. The summed E-state index contributed by atoms with van der Waals surface area (Å²) in [6.07, 6.45) is -3.45. The highest BCUT2D eigenvalue weighted by atomic mass is 19.3. The van der Waals surface area contributed by atoms with E-state index in [-0.39, 0.29) is 12.1 Å². The summed E-state index contributed by atoms with van der Waals surface area (Å²) in [6.45, 7) is 0. The van der Waals surface area contributed by atoms with Gasteiger partial charge in [-0.05, 0) is 6.07 Å². The lowest BCUT2D eigenvalue weighted by Crippen LogP contribution is -2.13. The van der Waals surface area contributed by atoms with Crippen molar-refractivity contribution in [2.45, 2.75) is 6.43 Å². The Kier molecular flexibility index (Phi) is 2.83. The first-order valence-corrected chi connectivity index (χ1v) is 3.40. The molecule has 0 bridgehead atoms. The number of halogens is 5. The van der Waals surface area contributed by atoms with Crippen LogP contribution in [-0.4, -0.2) is 12.2 Å². The second-order valence-corrected chi connectivity index (χ2v) is 2.41. The zero-order chi connectivity index (χ0) is 10.9. The van der Waals surface area contributed by atoms with E-state index in [1.807, 2.05) is 0 Å². The number of Topliss-reactive ketones (excluding diaryl/α,β-unsaturated/α-hetero) is 1. The second-order valence-electron chi connectivity index (χ2n) is 2.41. The molecule has 76 valence electrons. The van der Waals surface area contributed by atoms with E-state index < -0.39 is 35.2 Å². The molecule has 0 aliphatic heterocycles. The Bertz CT molecular complexity index is 374. The second kappa shape index (κ2) is 3.73. The first-order chi connectivity index (χ1) is 6.43. The van der Waals surface area contributed by atoms with Crippen LogP contribution < -0.4 is 0 Å². The molecule has 14 heavy (non-hydrogen) atoms. The van der Waals surface area contributed by atoms with Crippen LogP contribution in [0.1, 0.15) is 10.4 Å². The third-order valence-corrected chi connectivity index (χ3v) is 1.47. The maximum Gasteiger partial charge on any atom is 0.300 e. The van der Waals surface area contributed by atoms with Gasteiger partial charge in [0.05, 0.1) is 5.56 Å². The van der Waals surface area contributed by atoms with E-state index in [9.17, 15) is 26.7 Å². The number of hydrogen-bond donors (Lipinski definition) is 0. The molecule has 0 radical (unpaired) electrons. The quantitative estimate of drug-likeness (QED) is 0.416. The highest BCUT2D eigenvalue weighted by Gasteiger charge is 2.23. The van der Waals surface area contributed by atoms with Gasteiger partial charge in [0.2, 0.25) is 5.78 Å². The van der Waals surface area contributed by atoms with E-state index in [4.69, 9.17) is 0 Å². The molecule has 0 heterocycles. The minimum absolute atomic E-state index is 0.0466. The van der Waals surface area contributed by atoms with Crippen molar-refractivity contribution in [3.05, 3.63) is 35.1 Å². The molecule has 0 N–H and O–H groups in total. The van der Waals surface area contributed by atoms with Gasteiger partial charge in [-0.2, -0.15) is 0 Å². The number of rotatable bonds is 2. The number of alkyl halides is 2. The molecule has 0 saturated heterocycles. The average molecular weight is 210 g/mol. The molecule has 0 amide bonds. The van der Waals surface area contributed by atoms with Crippen molar-refractivity contribution in [2.75, 3.05) is 0 Å². The lowest BCUT2D eigenvalue weighted by molar-refractivity contribution is 0.0673. The van der Waals surface area contributed by atoms with Crippen LogP contribution in [0.25, 0.3) is 0 Å². The Labute approximate surface area is 75.2 Å². The van der Waals surface area contributed by atoms with Crippen molar-refractivity contribution in [3.8, 4) is 0 Å². The van der Waals surface area contributed by atoms with Gasteiger partial charge in [0.15, 0.2) is 11.6 Å². The molecule has 1 rings (SSSR count). The summed E-state index contributed by atoms with van der Waals surface area (Å²) in [4.78, 5) is 10.5. The molecule has 0 atom stereocenters.